The Labute approximate surface area is 154 Å². The quantitative estimate of drug-likeness (QED) is 0.236. The number of carbonyl (C=O) groups is 1. The van der Waals surface area contributed by atoms with Crippen LogP contribution in [0, 0.1) is 5.92 Å². The number of carboxylic acid groups (broad SMARTS) is 1. The lowest BCUT2D eigenvalue weighted by Crippen LogP contribution is -2.16. The number of aliphatic hydroxyl groups excluding tert-OH is 2. The van der Waals surface area contributed by atoms with Crippen molar-refractivity contribution in [3.63, 3.8) is 0 Å². The van der Waals surface area contributed by atoms with Crippen molar-refractivity contribution < 1.29 is 20.1 Å². The minimum absolute atomic E-state index is 0.156. The van der Waals surface area contributed by atoms with Crippen LogP contribution < -0.4 is 0 Å². The first-order valence-electron chi connectivity index (χ1n) is 10.3. The predicted molar refractivity (Wildman–Crippen MR) is 104 cm³/mol. The molecule has 4 nitrogen and oxygen atoms in total. The van der Waals surface area contributed by atoms with Crippen molar-refractivity contribution in [3.8, 4) is 0 Å². The van der Waals surface area contributed by atoms with E-state index < -0.39 is 12.1 Å². The Balaban J connectivity index is 3.85. The number of aliphatic hydroxyl groups is 2. The molecular weight excluding hydrogens is 316 g/mol. The highest BCUT2D eigenvalue weighted by Crippen LogP contribution is 2.19. The third kappa shape index (κ3) is 17.7. The molecule has 0 radical (unpaired) electrons. The minimum atomic E-state index is -0.700. The van der Waals surface area contributed by atoms with E-state index in [1.807, 2.05) is 0 Å². The van der Waals surface area contributed by atoms with Crippen molar-refractivity contribution in [2.75, 3.05) is 6.61 Å². The monoisotopic (exact) mass is 356 g/mol. The van der Waals surface area contributed by atoms with Gasteiger partial charge in [0.1, 0.15) is 0 Å². The van der Waals surface area contributed by atoms with Crippen LogP contribution in [-0.2, 0) is 4.79 Å². The zero-order chi connectivity index (χ0) is 18.8. The van der Waals surface area contributed by atoms with Crippen LogP contribution in [0.4, 0.5) is 0 Å². The number of allylic oxidation sites excluding steroid dienone is 2. The summed E-state index contributed by atoms with van der Waals surface area (Å²) in [5, 5.41) is 27.3. The van der Waals surface area contributed by atoms with E-state index in [9.17, 15) is 9.90 Å². The second-order valence-corrected chi connectivity index (χ2v) is 7.16. The lowest BCUT2D eigenvalue weighted by Gasteiger charge is -2.16. The van der Waals surface area contributed by atoms with Gasteiger partial charge in [0.15, 0.2) is 0 Å². The average molecular weight is 357 g/mol. The van der Waals surface area contributed by atoms with Crippen LogP contribution in [0.3, 0.4) is 0 Å². The molecule has 0 spiro atoms. The molecule has 0 aromatic rings. The highest BCUT2D eigenvalue weighted by atomic mass is 16.4. The Morgan fingerprint density at radius 2 is 1.60 bits per heavy atom. The van der Waals surface area contributed by atoms with Gasteiger partial charge in [-0.1, -0.05) is 70.4 Å². The Kier molecular flexibility index (Phi) is 17.3. The van der Waals surface area contributed by atoms with E-state index in [0.29, 0.717) is 12.3 Å². The van der Waals surface area contributed by atoms with E-state index in [1.165, 1.54) is 32.1 Å². The lowest BCUT2D eigenvalue weighted by atomic mass is 9.94. The topological polar surface area (TPSA) is 77.8 Å². The maximum absolute atomic E-state index is 10.4. The second kappa shape index (κ2) is 17.9. The fraction of sp³-hybridized carbons (Fsp3) is 0.857. The SMILES string of the molecule is CCCCCCCC(C=CCCCCCCCC(=O)O)CC(O)CO. The molecule has 0 aliphatic rings. The van der Waals surface area contributed by atoms with E-state index >= 15 is 0 Å². The van der Waals surface area contributed by atoms with Gasteiger partial charge in [-0.05, 0) is 38.0 Å². The molecule has 2 unspecified atom stereocenters. The first-order chi connectivity index (χ1) is 12.1. The summed E-state index contributed by atoms with van der Waals surface area (Å²) in [5.74, 6) is -0.340. The molecule has 148 valence electrons. The number of unbranched alkanes of at least 4 members (excludes halogenated alkanes) is 9. The first kappa shape index (κ1) is 24.1. The Morgan fingerprint density at radius 1 is 0.960 bits per heavy atom. The zero-order valence-corrected chi connectivity index (χ0v) is 16.2. The third-order valence-electron chi connectivity index (χ3n) is 4.63. The summed E-state index contributed by atoms with van der Waals surface area (Å²) in [7, 11) is 0. The van der Waals surface area contributed by atoms with Crippen LogP contribution in [0.5, 0.6) is 0 Å². The second-order valence-electron chi connectivity index (χ2n) is 7.16. The summed E-state index contributed by atoms with van der Waals surface area (Å²) in [6.45, 7) is 2.06. The van der Waals surface area contributed by atoms with Crippen molar-refractivity contribution in [2.45, 2.75) is 103 Å². The third-order valence-corrected chi connectivity index (χ3v) is 4.63. The van der Waals surface area contributed by atoms with E-state index in [-0.39, 0.29) is 13.0 Å². The number of aliphatic carboxylic acids is 1. The molecule has 4 heteroatoms. The maximum atomic E-state index is 10.4. The number of rotatable bonds is 18. The largest absolute Gasteiger partial charge is 0.481 e. The van der Waals surface area contributed by atoms with Crippen molar-refractivity contribution in [1.82, 2.24) is 0 Å². The molecule has 0 aliphatic heterocycles. The van der Waals surface area contributed by atoms with Gasteiger partial charge < -0.3 is 15.3 Å². The molecule has 25 heavy (non-hydrogen) atoms. The van der Waals surface area contributed by atoms with E-state index in [1.54, 1.807) is 0 Å². The molecular formula is C21H40O4. The molecule has 3 N–H and O–H groups in total. The molecule has 0 aliphatic carbocycles. The van der Waals surface area contributed by atoms with Gasteiger partial charge in [-0.25, -0.2) is 0 Å². The fourth-order valence-corrected chi connectivity index (χ4v) is 3.08. The van der Waals surface area contributed by atoms with E-state index in [4.69, 9.17) is 10.2 Å². The van der Waals surface area contributed by atoms with Gasteiger partial charge in [-0.3, -0.25) is 4.79 Å². The zero-order valence-electron chi connectivity index (χ0n) is 16.2. The number of carboxylic acids is 1. The normalized spacial score (nSPS) is 14.0. The highest BCUT2D eigenvalue weighted by molar-refractivity contribution is 5.66. The summed E-state index contributed by atoms with van der Waals surface area (Å²) in [6, 6.07) is 0. The van der Waals surface area contributed by atoms with Crippen LogP contribution >= 0.6 is 0 Å². The maximum Gasteiger partial charge on any atom is 0.303 e. The van der Waals surface area contributed by atoms with Crippen LogP contribution in [0.2, 0.25) is 0 Å². The van der Waals surface area contributed by atoms with Crippen molar-refractivity contribution in [1.29, 1.82) is 0 Å². The molecule has 0 heterocycles. The van der Waals surface area contributed by atoms with Crippen LogP contribution in [0.1, 0.15) is 96.8 Å². The van der Waals surface area contributed by atoms with Crippen LogP contribution in [0.15, 0.2) is 12.2 Å². The van der Waals surface area contributed by atoms with Gasteiger partial charge in [0, 0.05) is 6.42 Å². The standard InChI is InChI=1S/C21H40O4/c1-2-3-4-8-11-14-19(17-20(23)18-22)15-12-9-6-5-7-10-13-16-21(24)25/h12,15,19-20,22-23H,2-11,13-14,16-18H2,1H3,(H,24,25). The fourth-order valence-electron chi connectivity index (χ4n) is 3.08. The van der Waals surface area contributed by atoms with Gasteiger partial charge in [-0.15, -0.1) is 0 Å². The molecule has 0 rings (SSSR count). The predicted octanol–water partition coefficient (Wildman–Crippen LogP) is 5.08. The summed E-state index contributed by atoms with van der Waals surface area (Å²) in [6.07, 6.45) is 18.3. The van der Waals surface area contributed by atoms with Crippen LogP contribution in [-0.4, -0.2) is 34.0 Å². The summed E-state index contributed by atoms with van der Waals surface area (Å²) >= 11 is 0. The molecule has 0 saturated heterocycles. The van der Waals surface area contributed by atoms with E-state index in [2.05, 4.69) is 19.1 Å². The van der Waals surface area contributed by atoms with Gasteiger partial charge in [0.05, 0.1) is 12.7 Å². The van der Waals surface area contributed by atoms with E-state index in [0.717, 1.165) is 44.9 Å². The molecule has 0 aromatic carbocycles. The molecule has 0 amide bonds. The molecule has 0 saturated carbocycles. The minimum Gasteiger partial charge on any atom is -0.481 e. The smallest absolute Gasteiger partial charge is 0.303 e. The average Bonchev–Trinajstić information content (AvgIpc) is 2.59. The van der Waals surface area contributed by atoms with Gasteiger partial charge >= 0.3 is 5.97 Å². The van der Waals surface area contributed by atoms with Gasteiger partial charge in [0.2, 0.25) is 0 Å². The molecule has 0 aromatic heterocycles. The molecule has 0 fully saturated rings. The molecule has 2 atom stereocenters. The highest BCUT2D eigenvalue weighted by Gasteiger charge is 2.11. The summed E-state index contributed by atoms with van der Waals surface area (Å²) in [4.78, 5) is 10.4. The molecule has 0 bridgehead atoms. The van der Waals surface area contributed by atoms with Crippen LogP contribution in [0.25, 0.3) is 0 Å². The first-order valence-corrected chi connectivity index (χ1v) is 10.3. The lowest BCUT2D eigenvalue weighted by molar-refractivity contribution is -0.137. The summed E-state index contributed by atoms with van der Waals surface area (Å²) < 4.78 is 0. The van der Waals surface area contributed by atoms with Crippen molar-refractivity contribution in [2.24, 2.45) is 5.92 Å². The Hall–Kier alpha value is -0.870. The van der Waals surface area contributed by atoms with Gasteiger partial charge in [-0.2, -0.15) is 0 Å². The number of hydrogen-bond donors (Lipinski definition) is 3. The van der Waals surface area contributed by atoms with Crippen molar-refractivity contribution in [3.05, 3.63) is 12.2 Å². The number of hydrogen-bond acceptors (Lipinski definition) is 3. The van der Waals surface area contributed by atoms with Crippen molar-refractivity contribution >= 4 is 5.97 Å². The Morgan fingerprint density at radius 3 is 2.28 bits per heavy atom. The van der Waals surface area contributed by atoms with Gasteiger partial charge in [0.25, 0.3) is 0 Å². The summed E-state index contributed by atoms with van der Waals surface area (Å²) in [5.41, 5.74) is 0. The Bertz CT molecular complexity index is 328.